The number of aliphatic hydroxyl groups excluding tert-OH is 2. The molecule has 0 saturated carbocycles. The molecule has 0 spiro atoms. The quantitative estimate of drug-likeness (QED) is 0.206. The van der Waals surface area contributed by atoms with E-state index in [0.717, 1.165) is 23.2 Å². The number of carbonyl (C=O) groups excluding carboxylic acids is 1. The van der Waals surface area contributed by atoms with Gasteiger partial charge in [0, 0.05) is 24.5 Å². The van der Waals surface area contributed by atoms with Gasteiger partial charge in [0.15, 0.2) is 0 Å². The van der Waals surface area contributed by atoms with E-state index in [1.54, 1.807) is 12.1 Å². The zero-order chi connectivity index (χ0) is 21.9. The van der Waals surface area contributed by atoms with Crippen LogP contribution in [-0.4, -0.2) is 42.5 Å². The Morgan fingerprint density at radius 3 is 2.13 bits per heavy atom. The second kappa shape index (κ2) is 11.9. The van der Waals surface area contributed by atoms with Crippen LogP contribution in [0.2, 0.25) is 0 Å². The summed E-state index contributed by atoms with van der Waals surface area (Å²) in [4.78, 5) is 12.6. The van der Waals surface area contributed by atoms with Crippen LogP contribution in [0.3, 0.4) is 0 Å². The van der Waals surface area contributed by atoms with Gasteiger partial charge in [0.1, 0.15) is 6.23 Å². The standard InChI is InChI=1S/C25H29N3O3/c29-19-28(23-9-5-2-6-10-23)25(31)18-26-16-15-20-11-13-22(14-12-20)27-17-24(30)21-7-3-1-4-8-21/h1-14,19,24-27,30-31H,15-18H2/t24-,25+/m0/s1. The minimum absolute atomic E-state index is 0.282. The van der Waals surface area contributed by atoms with Gasteiger partial charge in [-0.2, -0.15) is 0 Å². The molecule has 1 amide bonds. The minimum Gasteiger partial charge on any atom is -0.387 e. The van der Waals surface area contributed by atoms with E-state index in [9.17, 15) is 15.0 Å². The van der Waals surface area contributed by atoms with Crippen LogP contribution in [0.1, 0.15) is 17.2 Å². The molecule has 0 fully saturated rings. The van der Waals surface area contributed by atoms with Crippen molar-refractivity contribution < 1.29 is 15.0 Å². The molecule has 0 heterocycles. The van der Waals surface area contributed by atoms with Gasteiger partial charge in [-0.25, -0.2) is 0 Å². The van der Waals surface area contributed by atoms with Gasteiger partial charge in [-0.1, -0.05) is 60.7 Å². The fraction of sp³-hybridized carbons (Fsp3) is 0.240. The number of hydrogen-bond acceptors (Lipinski definition) is 5. The van der Waals surface area contributed by atoms with Gasteiger partial charge < -0.3 is 20.8 Å². The first-order chi connectivity index (χ1) is 15.2. The van der Waals surface area contributed by atoms with Crippen molar-refractivity contribution in [3.63, 3.8) is 0 Å². The van der Waals surface area contributed by atoms with Crippen molar-refractivity contribution in [1.29, 1.82) is 0 Å². The molecule has 0 aliphatic carbocycles. The molecular weight excluding hydrogens is 390 g/mol. The average Bonchev–Trinajstić information content (AvgIpc) is 2.83. The molecule has 0 bridgehead atoms. The van der Waals surface area contributed by atoms with Crippen molar-refractivity contribution in [3.8, 4) is 0 Å². The van der Waals surface area contributed by atoms with E-state index in [1.165, 1.54) is 4.90 Å². The van der Waals surface area contributed by atoms with E-state index in [2.05, 4.69) is 10.6 Å². The predicted octanol–water partition coefficient (Wildman–Crippen LogP) is 2.95. The fourth-order valence-corrected chi connectivity index (χ4v) is 3.26. The van der Waals surface area contributed by atoms with Gasteiger partial charge in [-0.15, -0.1) is 0 Å². The molecule has 31 heavy (non-hydrogen) atoms. The van der Waals surface area contributed by atoms with Gasteiger partial charge in [-0.05, 0) is 48.4 Å². The molecule has 0 aromatic heterocycles. The number of anilines is 2. The summed E-state index contributed by atoms with van der Waals surface area (Å²) in [6.45, 7) is 1.40. The molecule has 6 nitrogen and oxygen atoms in total. The monoisotopic (exact) mass is 419 g/mol. The lowest BCUT2D eigenvalue weighted by Gasteiger charge is -2.24. The lowest BCUT2D eigenvalue weighted by atomic mass is 10.1. The van der Waals surface area contributed by atoms with Crippen LogP contribution in [0.5, 0.6) is 0 Å². The highest BCUT2D eigenvalue weighted by Crippen LogP contribution is 2.15. The molecule has 4 N–H and O–H groups in total. The number of para-hydroxylation sites is 1. The number of amides is 1. The predicted molar refractivity (Wildman–Crippen MR) is 124 cm³/mol. The highest BCUT2D eigenvalue weighted by molar-refractivity contribution is 5.75. The third kappa shape index (κ3) is 6.93. The molecule has 0 unspecified atom stereocenters. The number of nitrogens with one attached hydrogen (secondary N) is 2. The number of benzene rings is 3. The molecule has 3 aromatic rings. The first-order valence-corrected chi connectivity index (χ1v) is 10.4. The van der Waals surface area contributed by atoms with Gasteiger partial charge in [0.25, 0.3) is 0 Å². The van der Waals surface area contributed by atoms with Crippen LogP contribution in [-0.2, 0) is 11.2 Å². The summed E-state index contributed by atoms with van der Waals surface area (Å²) >= 11 is 0. The lowest BCUT2D eigenvalue weighted by molar-refractivity contribution is -0.109. The second-order valence-corrected chi connectivity index (χ2v) is 7.29. The van der Waals surface area contributed by atoms with Gasteiger partial charge in [0.05, 0.1) is 6.10 Å². The Morgan fingerprint density at radius 2 is 1.48 bits per heavy atom. The van der Waals surface area contributed by atoms with Gasteiger partial charge >= 0.3 is 0 Å². The maximum absolute atomic E-state index is 11.3. The van der Waals surface area contributed by atoms with Crippen LogP contribution in [0.4, 0.5) is 11.4 Å². The van der Waals surface area contributed by atoms with Gasteiger partial charge in [0.2, 0.25) is 6.41 Å². The molecule has 3 aromatic carbocycles. The Balaban J connectivity index is 1.38. The molecule has 162 valence electrons. The molecule has 0 saturated heterocycles. The van der Waals surface area contributed by atoms with Crippen LogP contribution in [0.15, 0.2) is 84.9 Å². The molecule has 0 aliphatic heterocycles. The summed E-state index contributed by atoms with van der Waals surface area (Å²) < 4.78 is 0. The highest BCUT2D eigenvalue weighted by atomic mass is 16.3. The van der Waals surface area contributed by atoms with Crippen molar-refractivity contribution in [2.24, 2.45) is 0 Å². The Hall–Kier alpha value is -3.19. The first-order valence-electron chi connectivity index (χ1n) is 10.4. The zero-order valence-corrected chi connectivity index (χ0v) is 17.4. The highest BCUT2D eigenvalue weighted by Gasteiger charge is 2.14. The minimum atomic E-state index is -0.928. The number of rotatable bonds is 12. The van der Waals surface area contributed by atoms with Crippen LogP contribution >= 0.6 is 0 Å². The second-order valence-electron chi connectivity index (χ2n) is 7.29. The summed E-state index contributed by atoms with van der Waals surface area (Å²) in [5, 5.41) is 27.0. The Bertz CT molecular complexity index is 904. The summed E-state index contributed by atoms with van der Waals surface area (Å²) in [7, 11) is 0. The van der Waals surface area contributed by atoms with Gasteiger partial charge in [-0.3, -0.25) is 9.69 Å². The number of carbonyl (C=O) groups is 1. The smallest absolute Gasteiger partial charge is 0.216 e. The number of hydrogen-bond donors (Lipinski definition) is 4. The fourth-order valence-electron chi connectivity index (χ4n) is 3.26. The Kier molecular flexibility index (Phi) is 8.60. The Labute approximate surface area is 183 Å². The van der Waals surface area contributed by atoms with Crippen molar-refractivity contribution in [2.75, 3.05) is 29.9 Å². The van der Waals surface area contributed by atoms with E-state index in [4.69, 9.17) is 0 Å². The lowest BCUT2D eigenvalue weighted by Crippen LogP contribution is -2.42. The molecule has 0 aliphatic rings. The summed E-state index contributed by atoms with van der Waals surface area (Å²) in [6, 6.07) is 26.7. The van der Waals surface area contributed by atoms with E-state index < -0.39 is 12.3 Å². The maximum atomic E-state index is 11.3. The largest absolute Gasteiger partial charge is 0.387 e. The normalized spacial score (nSPS) is 12.7. The zero-order valence-electron chi connectivity index (χ0n) is 17.4. The van der Waals surface area contributed by atoms with Crippen molar-refractivity contribution in [2.45, 2.75) is 18.8 Å². The van der Waals surface area contributed by atoms with Crippen molar-refractivity contribution >= 4 is 17.8 Å². The number of aliphatic hydroxyl groups is 2. The van der Waals surface area contributed by atoms with Crippen LogP contribution < -0.4 is 15.5 Å². The van der Waals surface area contributed by atoms with E-state index in [0.29, 0.717) is 25.2 Å². The first kappa shape index (κ1) is 22.5. The van der Waals surface area contributed by atoms with E-state index in [1.807, 2.05) is 72.8 Å². The average molecular weight is 420 g/mol. The van der Waals surface area contributed by atoms with E-state index in [-0.39, 0.29) is 6.54 Å². The third-order valence-corrected chi connectivity index (χ3v) is 5.04. The van der Waals surface area contributed by atoms with Crippen molar-refractivity contribution in [3.05, 3.63) is 96.1 Å². The Morgan fingerprint density at radius 1 is 0.839 bits per heavy atom. The molecular formula is C25H29N3O3. The topological polar surface area (TPSA) is 84.8 Å². The SMILES string of the molecule is O=CN(c1ccccc1)[C@H](O)CNCCc1ccc(NC[C@H](O)c2ccccc2)cc1. The molecule has 6 heteroatoms. The summed E-state index contributed by atoms with van der Waals surface area (Å²) in [5.41, 5.74) is 3.66. The molecule has 2 atom stereocenters. The summed E-state index contributed by atoms with van der Waals surface area (Å²) in [5.74, 6) is 0. The van der Waals surface area contributed by atoms with Crippen LogP contribution in [0, 0.1) is 0 Å². The van der Waals surface area contributed by atoms with E-state index >= 15 is 0 Å². The third-order valence-electron chi connectivity index (χ3n) is 5.04. The van der Waals surface area contributed by atoms with Crippen LogP contribution in [0.25, 0.3) is 0 Å². The number of nitrogens with zero attached hydrogens (tertiary/aromatic N) is 1. The van der Waals surface area contributed by atoms with Crippen molar-refractivity contribution in [1.82, 2.24) is 5.32 Å². The molecule has 3 rings (SSSR count). The maximum Gasteiger partial charge on any atom is 0.216 e. The summed E-state index contributed by atoms with van der Waals surface area (Å²) in [6.07, 6.45) is -0.0466. The molecule has 0 radical (unpaired) electrons.